The summed E-state index contributed by atoms with van der Waals surface area (Å²) in [6.07, 6.45) is 2.73. The average Bonchev–Trinajstić information content (AvgIpc) is 3.28. The van der Waals surface area contributed by atoms with Gasteiger partial charge in [0, 0.05) is 6.54 Å². The Kier molecular flexibility index (Phi) is 3.20. The van der Waals surface area contributed by atoms with Gasteiger partial charge in [-0.15, -0.1) is 0 Å². The highest BCUT2D eigenvalue weighted by Crippen LogP contribution is 2.39. The van der Waals surface area contributed by atoms with E-state index < -0.39 is 0 Å². The van der Waals surface area contributed by atoms with E-state index in [-0.39, 0.29) is 0 Å². The van der Waals surface area contributed by atoms with E-state index in [1.165, 1.54) is 24.0 Å². The van der Waals surface area contributed by atoms with Crippen LogP contribution in [-0.2, 0) is 13.1 Å². The highest BCUT2D eigenvalue weighted by Gasteiger charge is 2.22. The first-order chi connectivity index (χ1) is 10.4. The Balaban J connectivity index is 1.35. The lowest BCUT2D eigenvalue weighted by atomic mass is 10.1. The van der Waals surface area contributed by atoms with Crippen molar-refractivity contribution < 1.29 is 0 Å². The molecule has 1 aliphatic carbocycles. The van der Waals surface area contributed by atoms with Crippen LogP contribution in [0.25, 0.3) is 11.0 Å². The molecule has 3 nitrogen and oxygen atoms in total. The van der Waals surface area contributed by atoms with Crippen LogP contribution in [0.15, 0.2) is 48.5 Å². The Hall–Kier alpha value is -2.13. The van der Waals surface area contributed by atoms with Crippen molar-refractivity contribution in [2.75, 3.05) is 0 Å². The van der Waals surface area contributed by atoms with Gasteiger partial charge in [-0.1, -0.05) is 36.4 Å². The quantitative estimate of drug-likeness (QED) is 0.746. The first-order valence-electron chi connectivity index (χ1n) is 7.62. The maximum absolute atomic E-state index is 4.57. The lowest BCUT2D eigenvalue weighted by Gasteiger charge is -2.04. The molecule has 1 aliphatic rings. The van der Waals surface area contributed by atoms with Gasteiger partial charge < -0.3 is 10.3 Å². The molecule has 1 aromatic heterocycles. The number of hydrogen-bond donors (Lipinski definition) is 2. The van der Waals surface area contributed by atoms with Crippen LogP contribution in [0.1, 0.15) is 35.7 Å². The molecule has 4 rings (SSSR count). The van der Waals surface area contributed by atoms with Crippen LogP contribution in [0.4, 0.5) is 0 Å². The fourth-order valence-corrected chi connectivity index (χ4v) is 2.74. The van der Waals surface area contributed by atoms with Gasteiger partial charge in [-0.25, -0.2) is 4.98 Å². The van der Waals surface area contributed by atoms with Gasteiger partial charge in [0.2, 0.25) is 0 Å². The van der Waals surface area contributed by atoms with E-state index in [4.69, 9.17) is 0 Å². The van der Waals surface area contributed by atoms with E-state index in [2.05, 4.69) is 45.6 Å². The first-order valence-corrected chi connectivity index (χ1v) is 7.62. The summed E-state index contributed by atoms with van der Waals surface area (Å²) in [5, 5.41) is 3.45. The van der Waals surface area contributed by atoms with Crippen molar-refractivity contribution in [1.29, 1.82) is 0 Å². The Bertz CT molecular complexity index is 706. The third-order valence-electron chi connectivity index (χ3n) is 4.09. The minimum atomic E-state index is 0.763. The summed E-state index contributed by atoms with van der Waals surface area (Å²) < 4.78 is 0. The van der Waals surface area contributed by atoms with Crippen molar-refractivity contribution in [3.63, 3.8) is 0 Å². The van der Waals surface area contributed by atoms with Crippen LogP contribution in [0.5, 0.6) is 0 Å². The zero-order valence-corrected chi connectivity index (χ0v) is 12.0. The summed E-state index contributed by atoms with van der Waals surface area (Å²) in [4.78, 5) is 7.91. The maximum Gasteiger partial charge on any atom is 0.121 e. The number of nitrogens with zero attached hydrogens (tertiary/aromatic N) is 1. The number of imidazole rings is 1. The second-order valence-electron chi connectivity index (χ2n) is 5.82. The third kappa shape index (κ3) is 2.83. The highest BCUT2D eigenvalue weighted by molar-refractivity contribution is 5.74. The molecule has 21 heavy (non-hydrogen) atoms. The molecule has 0 amide bonds. The second-order valence-corrected chi connectivity index (χ2v) is 5.82. The number of rotatable bonds is 5. The van der Waals surface area contributed by atoms with Gasteiger partial charge in [-0.3, -0.25) is 0 Å². The standard InChI is InChI=1S/C18H19N3/c1-2-4-17-16(3-1)20-18(21-17)12-19-11-13-5-7-14(8-6-13)15-9-10-15/h1-8,15,19H,9-12H2,(H,20,21). The lowest BCUT2D eigenvalue weighted by Crippen LogP contribution is -2.13. The van der Waals surface area contributed by atoms with Crippen molar-refractivity contribution >= 4 is 11.0 Å². The average molecular weight is 277 g/mol. The Morgan fingerprint density at radius 3 is 2.57 bits per heavy atom. The number of aromatic amines is 1. The fraction of sp³-hybridized carbons (Fsp3) is 0.278. The van der Waals surface area contributed by atoms with Crippen LogP contribution < -0.4 is 5.32 Å². The predicted molar refractivity (Wildman–Crippen MR) is 85.1 cm³/mol. The molecule has 0 saturated heterocycles. The number of para-hydroxylation sites is 2. The first kappa shape index (κ1) is 12.6. The van der Waals surface area contributed by atoms with Crippen molar-refractivity contribution in [3.05, 3.63) is 65.5 Å². The number of benzene rings is 2. The monoisotopic (exact) mass is 277 g/mol. The zero-order valence-electron chi connectivity index (χ0n) is 12.0. The molecule has 3 aromatic rings. The Morgan fingerprint density at radius 2 is 1.81 bits per heavy atom. The van der Waals surface area contributed by atoms with Gasteiger partial charge >= 0.3 is 0 Å². The summed E-state index contributed by atoms with van der Waals surface area (Å²) in [7, 11) is 0. The minimum absolute atomic E-state index is 0.763. The summed E-state index contributed by atoms with van der Waals surface area (Å²) >= 11 is 0. The molecule has 0 atom stereocenters. The largest absolute Gasteiger partial charge is 0.341 e. The van der Waals surface area contributed by atoms with Gasteiger partial charge in [0.1, 0.15) is 5.82 Å². The summed E-state index contributed by atoms with van der Waals surface area (Å²) in [6, 6.07) is 17.2. The normalized spacial score (nSPS) is 14.7. The van der Waals surface area contributed by atoms with E-state index in [1.807, 2.05) is 18.2 Å². The van der Waals surface area contributed by atoms with Crippen molar-refractivity contribution in [2.45, 2.75) is 31.8 Å². The van der Waals surface area contributed by atoms with Crippen molar-refractivity contribution in [1.82, 2.24) is 15.3 Å². The van der Waals surface area contributed by atoms with Crippen LogP contribution in [0.2, 0.25) is 0 Å². The lowest BCUT2D eigenvalue weighted by molar-refractivity contribution is 0.670. The van der Waals surface area contributed by atoms with E-state index in [0.29, 0.717) is 0 Å². The van der Waals surface area contributed by atoms with Crippen molar-refractivity contribution in [2.24, 2.45) is 0 Å². The molecule has 2 aromatic carbocycles. The Labute approximate surface area is 124 Å². The molecule has 1 fully saturated rings. The molecule has 2 N–H and O–H groups in total. The summed E-state index contributed by atoms with van der Waals surface area (Å²) in [5.41, 5.74) is 4.96. The molecule has 0 spiro atoms. The van der Waals surface area contributed by atoms with Crippen molar-refractivity contribution in [3.8, 4) is 0 Å². The molecule has 0 unspecified atom stereocenters. The van der Waals surface area contributed by atoms with E-state index >= 15 is 0 Å². The summed E-state index contributed by atoms with van der Waals surface area (Å²) in [5.74, 6) is 1.83. The smallest absolute Gasteiger partial charge is 0.121 e. The number of H-pyrrole nitrogens is 1. The molecule has 0 bridgehead atoms. The van der Waals surface area contributed by atoms with Gasteiger partial charge in [0.15, 0.2) is 0 Å². The Morgan fingerprint density at radius 1 is 1.00 bits per heavy atom. The fourth-order valence-electron chi connectivity index (χ4n) is 2.74. The highest BCUT2D eigenvalue weighted by atomic mass is 15.0. The molecule has 1 heterocycles. The molecular weight excluding hydrogens is 258 g/mol. The van der Waals surface area contributed by atoms with Gasteiger partial charge in [0.25, 0.3) is 0 Å². The maximum atomic E-state index is 4.57. The van der Waals surface area contributed by atoms with E-state index in [1.54, 1.807) is 0 Å². The number of hydrogen-bond acceptors (Lipinski definition) is 2. The topological polar surface area (TPSA) is 40.7 Å². The number of fused-ring (bicyclic) bond motifs is 1. The van der Waals surface area contributed by atoms with Crippen LogP contribution >= 0.6 is 0 Å². The molecule has 3 heteroatoms. The predicted octanol–water partition coefficient (Wildman–Crippen LogP) is 3.73. The minimum Gasteiger partial charge on any atom is -0.341 e. The molecule has 0 radical (unpaired) electrons. The molecule has 0 aliphatic heterocycles. The molecule has 1 saturated carbocycles. The van der Waals surface area contributed by atoms with Gasteiger partial charge in [-0.2, -0.15) is 0 Å². The van der Waals surface area contributed by atoms with E-state index in [0.717, 1.165) is 35.9 Å². The number of nitrogens with one attached hydrogen (secondary N) is 2. The molecule has 106 valence electrons. The SMILES string of the molecule is c1ccc2[nH]c(CNCc3ccc(C4CC4)cc3)nc2c1. The summed E-state index contributed by atoms with van der Waals surface area (Å²) in [6.45, 7) is 1.64. The zero-order chi connectivity index (χ0) is 14.1. The van der Waals surface area contributed by atoms with Crippen LogP contribution in [-0.4, -0.2) is 9.97 Å². The second kappa shape index (κ2) is 5.34. The van der Waals surface area contributed by atoms with Gasteiger partial charge in [0.05, 0.1) is 17.6 Å². The van der Waals surface area contributed by atoms with Crippen LogP contribution in [0.3, 0.4) is 0 Å². The number of aromatic nitrogens is 2. The van der Waals surface area contributed by atoms with Crippen LogP contribution in [0, 0.1) is 0 Å². The van der Waals surface area contributed by atoms with E-state index in [9.17, 15) is 0 Å². The third-order valence-corrected chi connectivity index (χ3v) is 4.09. The van der Waals surface area contributed by atoms with Gasteiger partial charge in [-0.05, 0) is 42.0 Å². The molecular formula is C18H19N3.